The van der Waals surface area contributed by atoms with Gasteiger partial charge in [0.1, 0.15) is 5.71 Å². The molecule has 1 aliphatic carbocycles. The standard InChI is InChI=1S/C16H14N4O3S/c21-13(10-4-5-10)16(14(22)19-15-18-7-8-24-15)9-12(20-23-16)11-3-1-2-6-17-11/h1-3,6-8,10H,4-5,9H2,(H,18,19,22). The predicted molar refractivity (Wildman–Crippen MR) is 87.7 cm³/mol. The lowest BCUT2D eigenvalue weighted by Gasteiger charge is -2.23. The summed E-state index contributed by atoms with van der Waals surface area (Å²) < 4.78 is 0. The quantitative estimate of drug-likeness (QED) is 0.839. The lowest BCUT2D eigenvalue weighted by atomic mass is 9.88. The number of thiazole rings is 1. The Kier molecular flexibility index (Phi) is 3.61. The van der Waals surface area contributed by atoms with Crippen LogP contribution in [-0.4, -0.2) is 33.0 Å². The highest BCUT2D eigenvalue weighted by Gasteiger charge is 2.57. The molecule has 2 aromatic rings. The Morgan fingerprint density at radius 1 is 1.25 bits per heavy atom. The summed E-state index contributed by atoms with van der Waals surface area (Å²) in [7, 11) is 0. The molecule has 4 rings (SSSR count). The van der Waals surface area contributed by atoms with Crippen LogP contribution in [0.2, 0.25) is 0 Å². The van der Waals surface area contributed by atoms with Gasteiger partial charge in [0.05, 0.1) is 12.1 Å². The first-order valence-corrected chi connectivity index (χ1v) is 8.49. The third-order valence-electron chi connectivity index (χ3n) is 4.05. The first-order valence-electron chi connectivity index (χ1n) is 7.61. The van der Waals surface area contributed by atoms with Gasteiger partial charge in [0.15, 0.2) is 10.9 Å². The van der Waals surface area contributed by atoms with Crippen molar-refractivity contribution in [1.29, 1.82) is 0 Å². The first kappa shape index (κ1) is 14.9. The maximum atomic E-state index is 12.8. The summed E-state index contributed by atoms with van der Waals surface area (Å²) in [4.78, 5) is 39.3. The van der Waals surface area contributed by atoms with Gasteiger partial charge >= 0.3 is 0 Å². The van der Waals surface area contributed by atoms with Gasteiger partial charge in [0.25, 0.3) is 11.5 Å². The van der Waals surface area contributed by atoms with Gasteiger partial charge in [-0.15, -0.1) is 11.3 Å². The lowest BCUT2D eigenvalue weighted by molar-refractivity contribution is -0.153. The van der Waals surface area contributed by atoms with Gasteiger partial charge in [-0.25, -0.2) is 4.98 Å². The summed E-state index contributed by atoms with van der Waals surface area (Å²) in [6, 6.07) is 5.39. The summed E-state index contributed by atoms with van der Waals surface area (Å²) in [6.45, 7) is 0. The fourth-order valence-corrected chi connectivity index (χ4v) is 3.15. The molecule has 2 aromatic heterocycles. The summed E-state index contributed by atoms with van der Waals surface area (Å²) in [5.41, 5.74) is -0.524. The van der Waals surface area contributed by atoms with E-state index in [2.05, 4.69) is 20.4 Å². The van der Waals surface area contributed by atoms with Crippen molar-refractivity contribution in [3.05, 3.63) is 41.7 Å². The van der Waals surface area contributed by atoms with Crippen molar-refractivity contribution in [3.8, 4) is 0 Å². The third kappa shape index (κ3) is 2.58. The van der Waals surface area contributed by atoms with E-state index >= 15 is 0 Å². The highest BCUT2D eigenvalue weighted by atomic mass is 32.1. The van der Waals surface area contributed by atoms with E-state index in [-0.39, 0.29) is 18.1 Å². The number of aromatic nitrogens is 2. The second-order valence-corrected chi connectivity index (χ2v) is 6.67. The molecular weight excluding hydrogens is 328 g/mol. The average molecular weight is 342 g/mol. The molecule has 0 aromatic carbocycles. The minimum atomic E-state index is -1.63. The van der Waals surface area contributed by atoms with Crippen LogP contribution < -0.4 is 5.32 Å². The Morgan fingerprint density at radius 2 is 2.12 bits per heavy atom. The van der Waals surface area contributed by atoms with E-state index in [0.29, 0.717) is 16.5 Å². The zero-order chi connectivity index (χ0) is 16.6. The summed E-state index contributed by atoms with van der Waals surface area (Å²) >= 11 is 1.28. The Labute approximate surface area is 141 Å². The number of nitrogens with one attached hydrogen (secondary N) is 1. The van der Waals surface area contributed by atoms with Gasteiger partial charge in [-0.05, 0) is 25.0 Å². The molecule has 3 heterocycles. The number of amides is 1. The van der Waals surface area contributed by atoms with Crippen LogP contribution in [0.25, 0.3) is 0 Å². The van der Waals surface area contributed by atoms with Gasteiger partial charge in [-0.2, -0.15) is 0 Å². The molecule has 1 amide bonds. The number of hydrogen-bond acceptors (Lipinski definition) is 7. The van der Waals surface area contributed by atoms with Gasteiger partial charge in [-0.1, -0.05) is 11.2 Å². The molecule has 1 atom stereocenters. The van der Waals surface area contributed by atoms with E-state index in [1.165, 1.54) is 11.3 Å². The molecule has 1 unspecified atom stereocenters. The average Bonchev–Trinajstić information content (AvgIpc) is 3.15. The number of pyridine rings is 1. The van der Waals surface area contributed by atoms with Crippen LogP contribution in [0.4, 0.5) is 5.13 Å². The number of anilines is 1. The molecule has 24 heavy (non-hydrogen) atoms. The SMILES string of the molecule is O=C(Nc1nccs1)C1(C(=O)C2CC2)CC(c2ccccn2)=NO1. The maximum absolute atomic E-state index is 12.8. The smallest absolute Gasteiger partial charge is 0.281 e. The van der Waals surface area contributed by atoms with Gasteiger partial charge in [-0.3, -0.25) is 19.9 Å². The number of hydrogen-bond donors (Lipinski definition) is 1. The highest BCUT2D eigenvalue weighted by Crippen LogP contribution is 2.40. The van der Waals surface area contributed by atoms with E-state index in [4.69, 9.17) is 4.84 Å². The summed E-state index contributed by atoms with van der Waals surface area (Å²) in [6.07, 6.45) is 4.87. The highest BCUT2D eigenvalue weighted by molar-refractivity contribution is 7.13. The Balaban J connectivity index is 1.61. The van der Waals surface area contributed by atoms with Crippen LogP contribution in [0.3, 0.4) is 0 Å². The molecule has 2 aliphatic rings. The van der Waals surface area contributed by atoms with E-state index < -0.39 is 11.5 Å². The molecule has 0 spiro atoms. The van der Waals surface area contributed by atoms with Crippen molar-refractivity contribution in [2.45, 2.75) is 24.9 Å². The van der Waals surface area contributed by atoms with Crippen molar-refractivity contribution < 1.29 is 14.4 Å². The molecule has 0 bridgehead atoms. The van der Waals surface area contributed by atoms with E-state index in [1.54, 1.807) is 29.9 Å². The van der Waals surface area contributed by atoms with E-state index in [1.807, 2.05) is 6.07 Å². The number of carbonyl (C=O) groups is 2. The van der Waals surface area contributed by atoms with Gasteiger partial charge in [0, 0.05) is 23.7 Å². The normalized spacial score (nSPS) is 22.6. The fourth-order valence-electron chi connectivity index (χ4n) is 2.63. The zero-order valence-electron chi connectivity index (χ0n) is 12.6. The molecule has 1 saturated carbocycles. The van der Waals surface area contributed by atoms with Crippen molar-refractivity contribution in [1.82, 2.24) is 9.97 Å². The molecule has 8 heteroatoms. The van der Waals surface area contributed by atoms with Crippen molar-refractivity contribution in [2.24, 2.45) is 11.1 Å². The number of carbonyl (C=O) groups excluding carboxylic acids is 2. The molecule has 0 radical (unpaired) electrons. The molecule has 1 N–H and O–H groups in total. The van der Waals surface area contributed by atoms with Crippen LogP contribution in [0.1, 0.15) is 25.0 Å². The molecule has 1 aliphatic heterocycles. The number of oxime groups is 1. The molecule has 1 fully saturated rings. The monoisotopic (exact) mass is 342 g/mol. The second kappa shape index (κ2) is 5.79. The molecule has 0 saturated heterocycles. The lowest BCUT2D eigenvalue weighted by Crippen LogP contribution is -2.51. The van der Waals surface area contributed by atoms with E-state index in [0.717, 1.165) is 12.8 Å². The zero-order valence-corrected chi connectivity index (χ0v) is 13.5. The maximum Gasteiger partial charge on any atom is 0.281 e. The minimum Gasteiger partial charge on any atom is -0.370 e. The van der Waals surface area contributed by atoms with Crippen molar-refractivity contribution in [3.63, 3.8) is 0 Å². The van der Waals surface area contributed by atoms with Crippen molar-refractivity contribution >= 4 is 33.9 Å². The van der Waals surface area contributed by atoms with Gasteiger partial charge < -0.3 is 4.84 Å². The largest absolute Gasteiger partial charge is 0.370 e. The third-order valence-corrected chi connectivity index (χ3v) is 4.74. The Morgan fingerprint density at radius 3 is 2.79 bits per heavy atom. The van der Waals surface area contributed by atoms with Crippen LogP contribution in [-0.2, 0) is 14.4 Å². The number of ketones is 1. The first-order chi connectivity index (χ1) is 11.7. The van der Waals surface area contributed by atoms with E-state index in [9.17, 15) is 9.59 Å². The van der Waals surface area contributed by atoms with Crippen molar-refractivity contribution in [2.75, 3.05) is 5.32 Å². The summed E-state index contributed by atoms with van der Waals surface area (Å²) in [5, 5.41) is 8.84. The minimum absolute atomic E-state index is 0.0799. The Hall–Kier alpha value is -2.61. The van der Waals surface area contributed by atoms with Gasteiger partial charge in [0.2, 0.25) is 0 Å². The second-order valence-electron chi connectivity index (χ2n) is 5.78. The fraction of sp³-hybridized carbons (Fsp3) is 0.312. The molecule has 122 valence electrons. The van der Waals surface area contributed by atoms with Crippen LogP contribution >= 0.6 is 11.3 Å². The topological polar surface area (TPSA) is 93.5 Å². The summed E-state index contributed by atoms with van der Waals surface area (Å²) in [5.74, 6) is -0.874. The molecular formula is C16H14N4O3S. The Bertz CT molecular complexity index is 802. The van der Waals surface area contributed by atoms with Crippen LogP contribution in [0, 0.1) is 5.92 Å². The van der Waals surface area contributed by atoms with Crippen LogP contribution in [0.15, 0.2) is 41.1 Å². The number of nitrogens with zero attached hydrogens (tertiary/aromatic N) is 3. The predicted octanol–water partition coefficient (Wildman–Crippen LogP) is 2.02. The van der Waals surface area contributed by atoms with Crippen LogP contribution in [0.5, 0.6) is 0 Å². The molecule has 7 nitrogen and oxygen atoms in total. The number of rotatable bonds is 5. The number of Topliss-reactive ketones (excluding diaryl/α,β-unsaturated/α-hetero) is 1.